The minimum Gasteiger partial charge on any atom is -0.334 e. The first-order valence-electron chi connectivity index (χ1n) is 9.51. The molecule has 0 saturated heterocycles. The van der Waals surface area contributed by atoms with Crippen molar-refractivity contribution in [3.63, 3.8) is 0 Å². The zero-order valence-electron chi connectivity index (χ0n) is 14.2. The van der Waals surface area contributed by atoms with Crippen LogP contribution in [0.5, 0.6) is 0 Å². The summed E-state index contributed by atoms with van der Waals surface area (Å²) >= 11 is 1.89. The lowest BCUT2D eigenvalue weighted by atomic mass is 9.84. The Labute approximate surface area is 148 Å². The number of rotatable bonds is 2. The van der Waals surface area contributed by atoms with Gasteiger partial charge in [-0.1, -0.05) is 56.0 Å². The minimum absolute atomic E-state index is 0.360. The lowest BCUT2D eigenvalue weighted by Gasteiger charge is -2.36. The molecule has 1 aromatic carbocycles. The number of nitrogens with zero attached hydrogens (tertiary/aromatic N) is 1. The number of aromatic nitrogens is 1. The molecule has 2 heterocycles. The number of hydrogen-bond donors (Lipinski definition) is 0. The van der Waals surface area contributed by atoms with Crippen LogP contribution in [0.4, 0.5) is 0 Å². The van der Waals surface area contributed by atoms with Crippen LogP contribution in [0.1, 0.15) is 51.4 Å². The van der Waals surface area contributed by atoms with Crippen LogP contribution in [-0.4, -0.2) is 4.57 Å². The van der Waals surface area contributed by atoms with Gasteiger partial charge in [0.25, 0.3) is 0 Å². The molecule has 2 bridgehead atoms. The van der Waals surface area contributed by atoms with Crippen molar-refractivity contribution < 1.29 is 0 Å². The lowest BCUT2D eigenvalue weighted by molar-refractivity contribution is 0.244. The predicted octanol–water partition coefficient (Wildman–Crippen LogP) is 6.83. The van der Waals surface area contributed by atoms with E-state index in [4.69, 9.17) is 0 Å². The van der Waals surface area contributed by atoms with Crippen molar-refractivity contribution in [3.05, 3.63) is 47.8 Å². The van der Waals surface area contributed by atoms with E-state index in [-0.39, 0.29) is 0 Å². The van der Waals surface area contributed by atoms with Gasteiger partial charge in [-0.2, -0.15) is 0 Å². The molecule has 2 aliphatic carbocycles. The SMILES string of the molecule is c1ccc(-c2cc3sccc3n2C23CCCCCC(CC2)C3)cc1. The maximum atomic E-state index is 2.76. The van der Waals surface area contributed by atoms with Crippen LogP contribution in [0.3, 0.4) is 0 Å². The van der Waals surface area contributed by atoms with Crippen molar-refractivity contribution in [2.45, 2.75) is 56.9 Å². The highest BCUT2D eigenvalue weighted by Gasteiger charge is 2.42. The van der Waals surface area contributed by atoms with Crippen LogP contribution in [-0.2, 0) is 5.54 Å². The van der Waals surface area contributed by atoms with Gasteiger partial charge in [0.1, 0.15) is 0 Å². The van der Waals surface area contributed by atoms with Gasteiger partial charge < -0.3 is 4.57 Å². The van der Waals surface area contributed by atoms with E-state index in [0.29, 0.717) is 5.54 Å². The Morgan fingerprint density at radius 3 is 2.79 bits per heavy atom. The normalized spacial score (nSPS) is 27.2. The molecule has 0 aliphatic heterocycles. The van der Waals surface area contributed by atoms with Crippen molar-refractivity contribution in [2.24, 2.45) is 5.92 Å². The van der Waals surface area contributed by atoms with Crippen molar-refractivity contribution in [1.29, 1.82) is 0 Å². The average molecular weight is 336 g/mol. The van der Waals surface area contributed by atoms with E-state index in [1.54, 1.807) is 0 Å². The van der Waals surface area contributed by atoms with Gasteiger partial charge in [-0.15, -0.1) is 11.3 Å². The first-order chi connectivity index (χ1) is 11.9. The zero-order chi connectivity index (χ0) is 16.0. The molecule has 0 N–H and O–H groups in total. The summed E-state index contributed by atoms with van der Waals surface area (Å²) in [4.78, 5) is 0. The van der Waals surface area contributed by atoms with Gasteiger partial charge in [0.15, 0.2) is 0 Å². The largest absolute Gasteiger partial charge is 0.334 e. The summed E-state index contributed by atoms with van der Waals surface area (Å²) in [6.45, 7) is 0. The summed E-state index contributed by atoms with van der Waals surface area (Å²) in [5, 5.41) is 2.27. The molecule has 124 valence electrons. The Balaban J connectivity index is 1.71. The number of fused-ring (bicyclic) bond motifs is 3. The first kappa shape index (κ1) is 14.8. The second-order valence-electron chi connectivity index (χ2n) is 7.83. The van der Waals surface area contributed by atoms with Crippen LogP contribution < -0.4 is 0 Å². The van der Waals surface area contributed by atoms with Gasteiger partial charge in [0.05, 0.1) is 15.9 Å². The summed E-state index contributed by atoms with van der Waals surface area (Å²) in [6.07, 6.45) is 11.3. The zero-order valence-corrected chi connectivity index (χ0v) is 15.0. The Bertz CT molecular complexity index is 843. The van der Waals surface area contributed by atoms with Gasteiger partial charge in [0.2, 0.25) is 0 Å². The maximum absolute atomic E-state index is 2.76. The second-order valence-corrected chi connectivity index (χ2v) is 8.78. The Hall–Kier alpha value is -1.54. The van der Waals surface area contributed by atoms with E-state index in [1.807, 2.05) is 11.3 Å². The molecule has 0 spiro atoms. The highest BCUT2D eigenvalue weighted by molar-refractivity contribution is 7.17. The molecule has 1 nitrogen and oxygen atoms in total. The van der Waals surface area contributed by atoms with E-state index in [2.05, 4.69) is 52.4 Å². The van der Waals surface area contributed by atoms with E-state index in [1.165, 1.54) is 72.8 Å². The third kappa shape index (κ3) is 2.27. The molecule has 3 aromatic rings. The van der Waals surface area contributed by atoms with Crippen molar-refractivity contribution in [1.82, 2.24) is 4.57 Å². The topological polar surface area (TPSA) is 4.93 Å². The Kier molecular flexibility index (Phi) is 3.55. The summed E-state index contributed by atoms with van der Waals surface area (Å²) in [5.74, 6) is 0.949. The molecule has 5 rings (SSSR count). The van der Waals surface area contributed by atoms with Crippen LogP contribution >= 0.6 is 11.3 Å². The van der Waals surface area contributed by atoms with E-state index in [0.717, 1.165) is 5.92 Å². The molecule has 24 heavy (non-hydrogen) atoms. The summed E-state index contributed by atoms with van der Waals surface area (Å²) in [6, 6.07) is 15.8. The van der Waals surface area contributed by atoms with Gasteiger partial charge in [-0.25, -0.2) is 0 Å². The third-order valence-corrected chi connectivity index (χ3v) is 7.26. The molecular formula is C22H25NS. The van der Waals surface area contributed by atoms with Crippen molar-refractivity contribution >= 4 is 21.6 Å². The fourth-order valence-electron chi connectivity index (χ4n) is 5.32. The highest BCUT2D eigenvalue weighted by atomic mass is 32.1. The molecule has 2 fully saturated rings. The molecule has 2 aliphatic rings. The molecule has 2 unspecified atom stereocenters. The van der Waals surface area contributed by atoms with Gasteiger partial charge in [0, 0.05) is 5.54 Å². The fraction of sp³-hybridized carbons (Fsp3) is 0.455. The van der Waals surface area contributed by atoms with Crippen molar-refractivity contribution in [3.8, 4) is 11.3 Å². The van der Waals surface area contributed by atoms with E-state index < -0.39 is 0 Å². The summed E-state index contributed by atoms with van der Waals surface area (Å²) < 4.78 is 4.22. The second kappa shape index (κ2) is 5.77. The molecule has 2 aromatic heterocycles. The third-order valence-electron chi connectivity index (χ3n) is 6.41. The minimum atomic E-state index is 0.360. The maximum Gasteiger partial charge on any atom is 0.0600 e. The predicted molar refractivity (Wildman–Crippen MR) is 104 cm³/mol. The fourth-order valence-corrected chi connectivity index (χ4v) is 6.13. The summed E-state index contributed by atoms with van der Waals surface area (Å²) in [5.41, 5.74) is 4.65. The Morgan fingerprint density at radius 2 is 1.88 bits per heavy atom. The molecule has 2 heteroatoms. The molecule has 2 atom stereocenters. The van der Waals surface area contributed by atoms with E-state index >= 15 is 0 Å². The first-order valence-corrected chi connectivity index (χ1v) is 10.4. The molecule has 0 radical (unpaired) electrons. The number of benzene rings is 1. The van der Waals surface area contributed by atoms with Gasteiger partial charge >= 0.3 is 0 Å². The van der Waals surface area contributed by atoms with Crippen LogP contribution in [0, 0.1) is 5.92 Å². The van der Waals surface area contributed by atoms with Crippen LogP contribution in [0.15, 0.2) is 47.8 Å². The van der Waals surface area contributed by atoms with Gasteiger partial charge in [-0.3, -0.25) is 0 Å². The number of hydrogen-bond acceptors (Lipinski definition) is 1. The smallest absolute Gasteiger partial charge is 0.0600 e. The molecule has 0 amide bonds. The monoisotopic (exact) mass is 335 g/mol. The molecule has 2 saturated carbocycles. The highest BCUT2D eigenvalue weighted by Crippen LogP contribution is 2.51. The molecular weight excluding hydrogens is 310 g/mol. The summed E-state index contributed by atoms with van der Waals surface area (Å²) in [7, 11) is 0. The number of thiophene rings is 1. The van der Waals surface area contributed by atoms with E-state index in [9.17, 15) is 0 Å². The van der Waals surface area contributed by atoms with Crippen LogP contribution in [0.2, 0.25) is 0 Å². The lowest BCUT2D eigenvalue weighted by Crippen LogP contribution is -2.32. The quantitative estimate of drug-likeness (QED) is 0.483. The average Bonchev–Trinajstić information content (AvgIpc) is 3.28. The van der Waals surface area contributed by atoms with Gasteiger partial charge in [-0.05, 0) is 54.7 Å². The van der Waals surface area contributed by atoms with Crippen molar-refractivity contribution in [2.75, 3.05) is 0 Å². The van der Waals surface area contributed by atoms with Crippen LogP contribution in [0.25, 0.3) is 21.5 Å². The standard InChI is InChI=1S/C22H25NS/c1-4-8-18(9-5-1)20-15-21-19(11-14-24-21)23(20)22-12-6-2-3-7-17(16-22)10-13-22/h1,4-5,8-9,11,14-15,17H,2-3,6-7,10,12-13,16H2. The Morgan fingerprint density at radius 1 is 0.958 bits per heavy atom.